The summed E-state index contributed by atoms with van der Waals surface area (Å²) in [6.45, 7) is 4.48. The first-order valence-corrected chi connectivity index (χ1v) is 3.83. The van der Waals surface area contributed by atoms with Gasteiger partial charge in [0.1, 0.15) is 0 Å². The van der Waals surface area contributed by atoms with Gasteiger partial charge >= 0.3 is 5.97 Å². The summed E-state index contributed by atoms with van der Waals surface area (Å²) in [5.41, 5.74) is 0. The standard InChI is InChI=1S/C8H13NO3/c1-3-9-6-5-7(10)8(11)12-4-2/h5-6,9H,3-4H2,1-2H3/b6-5-. The van der Waals surface area contributed by atoms with Gasteiger partial charge in [-0.15, -0.1) is 0 Å². The molecule has 0 amide bonds. The van der Waals surface area contributed by atoms with Gasteiger partial charge in [-0.1, -0.05) is 0 Å². The zero-order chi connectivity index (χ0) is 9.40. The van der Waals surface area contributed by atoms with Gasteiger partial charge in [-0.25, -0.2) is 4.79 Å². The largest absolute Gasteiger partial charge is 0.460 e. The normalized spacial score (nSPS) is 9.83. The number of hydrogen-bond donors (Lipinski definition) is 1. The highest BCUT2D eigenvalue weighted by Crippen LogP contribution is 1.82. The van der Waals surface area contributed by atoms with Gasteiger partial charge < -0.3 is 10.1 Å². The summed E-state index contributed by atoms with van der Waals surface area (Å²) in [6, 6.07) is 0. The van der Waals surface area contributed by atoms with Crippen LogP contribution in [0.4, 0.5) is 0 Å². The lowest BCUT2D eigenvalue weighted by Gasteiger charge is -1.95. The van der Waals surface area contributed by atoms with Crippen molar-refractivity contribution in [1.82, 2.24) is 5.32 Å². The summed E-state index contributed by atoms with van der Waals surface area (Å²) in [6.07, 6.45) is 2.58. The lowest BCUT2D eigenvalue weighted by Crippen LogP contribution is -2.15. The molecule has 0 rings (SSSR count). The number of ether oxygens (including phenoxy) is 1. The van der Waals surface area contributed by atoms with E-state index < -0.39 is 11.8 Å². The zero-order valence-electron chi connectivity index (χ0n) is 7.29. The first-order chi connectivity index (χ1) is 5.72. The number of ketones is 1. The fraction of sp³-hybridized carbons (Fsp3) is 0.500. The molecule has 0 aliphatic carbocycles. The van der Waals surface area contributed by atoms with Gasteiger partial charge in [-0.05, 0) is 13.8 Å². The molecular weight excluding hydrogens is 158 g/mol. The Kier molecular flexibility index (Phi) is 5.69. The van der Waals surface area contributed by atoms with E-state index in [4.69, 9.17) is 0 Å². The molecule has 0 aromatic carbocycles. The monoisotopic (exact) mass is 171 g/mol. The number of rotatable bonds is 5. The average molecular weight is 171 g/mol. The second-order valence-corrected chi connectivity index (χ2v) is 1.98. The Hall–Kier alpha value is -1.32. The number of carbonyl (C=O) groups excluding carboxylic acids is 2. The minimum atomic E-state index is -0.813. The maximum absolute atomic E-state index is 10.8. The van der Waals surface area contributed by atoms with E-state index in [2.05, 4.69) is 10.1 Å². The maximum Gasteiger partial charge on any atom is 0.379 e. The van der Waals surface area contributed by atoms with Crippen molar-refractivity contribution in [2.24, 2.45) is 0 Å². The number of nitrogens with one attached hydrogen (secondary N) is 1. The molecular formula is C8H13NO3. The first-order valence-electron chi connectivity index (χ1n) is 3.83. The average Bonchev–Trinajstić information content (AvgIpc) is 2.05. The molecule has 4 heteroatoms. The second kappa shape index (κ2) is 6.39. The van der Waals surface area contributed by atoms with Crippen molar-refractivity contribution in [3.8, 4) is 0 Å². The van der Waals surface area contributed by atoms with E-state index in [1.165, 1.54) is 6.20 Å². The summed E-state index contributed by atoms with van der Waals surface area (Å²) in [5.74, 6) is -1.45. The topological polar surface area (TPSA) is 55.4 Å². The molecule has 1 N–H and O–H groups in total. The van der Waals surface area contributed by atoms with Crippen LogP contribution in [0.15, 0.2) is 12.3 Å². The van der Waals surface area contributed by atoms with Crippen LogP contribution in [0.2, 0.25) is 0 Å². The van der Waals surface area contributed by atoms with Crippen LogP contribution in [0.5, 0.6) is 0 Å². The van der Waals surface area contributed by atoms with Crippen molar-refractivity contribution < 1.29 is 14.3 Å². The van der Waals surface area contributed by atoms with Gasteiger partial charge in [0.05, 0.1) is 6.61 Å². The summed E-state index contributed by atoms with van der Waals surface area (Å²) >= 11 is 0. The third-order valence-electron chi connectivity index (χ3n) is 1.03. The molecule has 0 aromatic rings. The Balaban J connectivity index is 3.78. The summed E-state index contributed by atoms with van der Waals surface area (Å²) in [4.78, 5) is 21.5. The first kappa shape index (κ1) is 10.7. The van der Waals surface area contributed by atoms with Gasteiger partial charge in [-0.3, -0.25) is 4.79 Å². The summed E-state index contributed by atoms with van der Waals surface area (Å²) in [5, 5.41) is 2.77. The third-order valence-corrected chi connectivity index (χ3v) is 1.03. The minimum absolute atomic E-state index is 0.222. The van der Waals surface area contributed by atoms with Gasteiger partial charge in [0.2, 0.25) is 0 Å². The fourth-order valence-corrected chi connectivity index (χ4v) is 0.523. The zero-order valence-corrected chi connectivity index (χ0v) is 7.29. The maximum atomic E-state index is 10.8. The van der Waals surface area contributed by atoms with E-state index in [-0.39, 0.29) is 6.61 Å². The molecule has 0 aliphatic rings. The SMILES string of the molecule is CCN/C=C\C(=O)C(=O)OCC. The van der Waals surface area contributed by atoms with Crippen LogP contribution in [-0.2, 0) is 14.3 Å². The Morgan fingerprint density at radius 3 is 2.58 bits per heavy atom. The molecule has 12 heavy (non-hydrogen) atoms. The predicted octanol–water partition coefficient (Wildman–Crippen LogP) is 0.242. The highest BCUT2D eigenvalue weighted by Gasteiger charge is 2.09. The Bertz CT molecular complexity index is 187. The Labute approximate surface area is 71.6 Å². The molecule has 0 saturated heterocycles. The van der Waals surface area contributed by atoms with Crippen LogP contribution >= 0.6 is 0 Å². The lowest BCUT2D eigenvalue weighted by molar-refractivity contribution is -0.151. The highest BCUT2D eigenvalue weighted by molar-refractivity contribution is 6.38. The van der Waals surface area contributed by atoms with Crippen molar-refractivity contribution in [3.63, 3.8) is 0 Å². The van der Waals surface area contributed by atoms with E-state index >= 15 is 0 Å². The van der Waals surface area contributed by atoms with Crippen LogP contribution in [0, 0.1) is 0 Å². The third kappa shape index (κ3) is 4.49. The lowest BCUT2D eigenvalue weighted by atomic mass is 10.4. The molecule has 4 nitrogen and oxygen atoms in total. The number of esters is 1. The highest BCUT2D eigenvalue weighted by atomic mass is 16.5. The molecule has 0 fully saturated rings. The van der Waals surface area contributed by atoms with E-state index in [1.807, 2.05) is 6.92 Å². The molecule has 0 saturated carbocycles. The molecule has 68 valence electrons. The van der Waals surface area contributed by atoms with Crippen LogP contribution < -0.4 is 5.32 Å². The number of carbonyl (C=O) groups is 2. The Morgan fingerprint density at radius 2 is 2.08 bits per heavy atom. The molecule has 0 atom stereocenters. The summed E-state index contributed by atoms with van der Waals surface area (Å²) in [7, 11) is 0. The molecule has 0 spiro atoms. The van der Waals surface area contributed by atoms with E-state index in [9.17, 15) is 9.59 Å². The van der Waals surface area contributed by atoms with Crippen LogP contribution in [0.1, 0.15) is 13.8 Å². The van der Waals surface area contributed by atoms with Crippen molar-refractivity contribution in [2.45, 2.75) is 13.8 Å². The molecule has 0 aromatic heterocycles. The quantitative estimate of drug-likeness (QED) is 0.366. The van der Waals surface area contributed by atoms with Crippen molar-refractivity contribution >= 4 is 11.8 Å². The molecule has 0 aliphatic heterocycles. The van der Waals surface area contributed by atoms with Crippen molar-refractivity contribution in [2.75, 3.05) is 13.2 Å². The molecule has 0 radical (unpaired) electrons. The summed E-state index contributed by atoms with van der Waals surface area (Å²) < 4.78 is 4.47. The Morgan fingerprint density at radius 1 is 1.42 bits per heavy atom. The van der Waals surface area contributed by atoms with E-state index in [1.54, 1.807) is 6.92 Å². The minimum Gasteiger partial charge on any atom is -0.460 e. The van der Waals surface area contributed by atoms with Gasteiger partial charge in [-0.2, -0.15) is 0 Å². The fourth-order valence-electron chi connectivity index (χ4n) is 0.523. The van der Waals surface area contributed by atoms with Crippen LogP contribution in [0.25, 0.3) is 0 Å². The molecule has 0 heterocycles. The van der Waals surface area contributed by atoms with Gasteiger partial charge in [0, 0.05) is 18.8 Å². The number of hydrogen-bond acceptors (Lipinski definition) is 4. The molecule has 0 bridgehead atoms. The second-order valence-electron chi connectivity index (χ2n) is 1.98. The van der Waals surface area contributed by atoms with Crippen LogP contribution in [0.3, 0.4) is 0 Å². The smallest absolute Gasteiger partial charge is 0.379 e. The molecule has 0 unspecified atom stereocenters. The van der Waals surface area contributed by atoms with Crippen molar-refractivity contribution in [1.29, 1.82) is 0 Å². The predicted molar refractivity (Wildman–Crippen MR) is 44.5 cm³/mol. The van der Waals surface area contributed by atoms with E-state index in [0.29, 0.717) is 6.54 Å². The van der Waals surface area contributed by atoms with E-state index in [0.717, 1.165) is 6.08 Å². The van der Waals surface area contributed by atoms with Crippen LogP contribution in [-0.4, -0.2) is 24.9 Å². The van der Waals surface area contributed by atoms with Gasteiger partial charge in [0.15, 0.2) is 0 Å². The van der Waals surface area contributed by atoms with Gasteiger partial charge in [0.25, 0.3) is 5.78 Å². The van der Waals surface area contributed by atoms with Crippen molar-refractivity contribution in [3.05, 3.63) is 12.3 Å².